The van der Waals surface area contributed by atoms with Crippen molar-refractivity contribution in [3.63, 3.8) is 0 Å². The molecular formula is C24H24F2NO5S+. The van der Waals surface area contributed by atoms with Gasteiger partial charge in [0.05, 0.1) is 17.0 Å². The number of carboxylic acids is 1. The van der Waals surface area contributed by atoms with Gasteiger partial charge in [-0.25, -0.2) is 26.5 Å². The molecule has 0 aromatic heterocycles. The fraction of sp³-hybridized carbons (Fsp3) is 0.250. The number of allylic oxidation sites excluding steroid dienone is 2. The molecule has 1 unspecified atom stereocenters. The van der Waals surface area contributed by atoms with Crippen LogP contribution >= 0.6 is 0 Å². The normalized spacial score (nSPS) is 18.4. The maximum atomic E-state index is 14.3. The van der Waals surface area contributed by atoms with E-state index in [0.717, 1.165) is 24.8 Å². The molecule has 0 bridgehead atoms. The Morgan fingerprint density at radius 3 is 2.18 bits per heavy atom. The van der Waals surface area contributed by atoms with E-state index in [1.807, 2.05) is 6.92 Å². The van der Waals surface area contributed by atoms with Crippen molar-refractivity contribution in [2.45, 2.75) is 31.6 Å². The number of hydrogen-bond donors (Lipinski definition) is 1. The SMILES string of the molecule is CCCC[N+]1(c2ccc(F)c(F)c2)C(c2ccc(S(C)(=O)=O)cc2)=CC(C(=O)C(=O)O)=C1C. The third-order valence-corrected chi connectivity index (χ3v) is 6.99. The van der Waals surface area contributed by atoms with Gasteiger partial charge in [0.15, 0.2) is 27.2 Å². The van der Waals surface area contributed by atoms with Crippen molar-refractivity contribution in [1.29, 1.82) is 0 Å². The summed E-state index contributed by atoms with van der Waals surface area (Å²) in [6.07, 6.45) is 3.90. The molecule has 0 amide bonds. The summed E-state index contributed by atoms with van der Waals surface area (Å²) in [6, 6.07) is 9.39. The highest BCUT2D eigenvalue weighted by Crippen LogP contribution is 2.46. The third kappa shape index (κ3) is 4.38. The van der Waals surface area contributed by atoms with Crippen LogP contribution in [0.2, 0.25) is 0 Å². The highest BCUT2D eigenvalue weighted by atomic mass is 32.2. The van der Waals surface area contributed by atoms with Crippen molar-refractivity contribution in [2.75, 3.05) is 12.8 Å². The number of benzene rings is 2. The molecule has 6 nitrogen and oxygen atoms in total. The number of aliphatic carboxylic acids is 1. The van der Waals surface area contributed by atoms with E-state index in [9.17, 15) is 31.9 Å². The number of unbranched alkanes of at least 4 members (excludes halogenated alkanes) is 1. The van der Waals surface area contributed by atoms with E-state index in [4.69, 9.17) is 0 Å². The minimum atomic E-state index is -3.45. The quantitative estimate of drug-likeness (QED) is 0.449. The van der Waals surface area contributed by atoms with E-state index in [1.165, 1.54) is 24.3 Å². The molecule has 1 atom stereocenters. The van der Waals surface area contributed by atoms with E-state index < -0.39 is 33.2 Å². The van der Waals surface area contributed by atoms with Crippen molar-refractivity contribution in [1.82, 2.24) is 4.48 Å². The smallest absolute Gasteiger partial charge is 0.377 e. The van der Waals surface area contributed by atoms with Gasteiger partial charge >= 0.3 is 5.97 Å². The zero-order chi connectivity index (χ0) is 24.6. The van der Waals surface area contributed by atoms with Crippen molar-refractivity contribution in [2.24, 2.45) is 0 Å². The molecule has 0 saturated carbocycles. The Morgan fingerprint density at radius 2 is 1.67 bits per heavy atom. The zero-order valence-corrected chi connectivity index (χ0v) is 19.2. The zero-order valence-electron chi connectivity index (χ0n) is 18.4. The number of quaternary nitrogens is 1. The van der Waals surface area contributed by atoms with E-state index in [0.29, 0.717) is 35.6 Å². The van der Waals surface area contributed by atoms with E-state index in [2.05, 4.69) is 0 Å². The van der Waals surface area contributed by atoms with Crippen LogP contribution in [0.1, 0.15) is 32.3 Å². The van der Waals surface area contributed by atoms with Crippen LogP contribution in [0.3, 0.4) is 0 Å². The van der Waals surface area contributed by atoms with Crippen LogP contribution in [0, 0.1) is 11.6 Å². The number of carboxylic acid groups (broad SMARTS) is 1. The third-order valence-electron chi connectivity index (χ3n) is 5.86. The maximum Gasteiger partial charge on any atom is 0.377 e. The average Bonchev–Trinajstić information content (AvgIpc) is 3.06. The van der Waals surface area contributed by atoms with Gasteiger partial charge in [-0.05, 0) is 36.8 Å². The molecule has 2 aromatic carbocycles. The molecule has 0 radical (unpaired) electrons. The molecule has 2 aromatic rings. The van der Waals surface area contributed by atoms with Gasteiger partial charge in [0.1, 0.15) is 11.4 Å². The molecule has 9 heteroatoms. The summed E-state index contributed by atoms with van der Waals surface area (Å²) in [4.78, 5) is 24.1. The summed E-state index contributed by atoms with van der Waals surface area (Å²) in [5.74, 6) is -4.85. The van der Waals surface area contributed by atoms with E-state index in [1.54, 1.807) is 19.1 Å². The van der Waals surface area contributed by atoms with Gasteiger partial charge in [0.2, 0.25) is 0 Å². The number of Topliss-reactive ketones (excluding diaryl/α,β-unsaturated/α-hetero) is 1. The number of carbonyl (C=O) groups excluding carboxylic acids is 1. The van der Waals surface area contributed by atoms with E-state index in [-0.39, 0.29) is 15.0 Å². The summed E-state index contributed by atoms with van der Waals surface area (Å²) in [6.45, 7) is 3.90. The Morgan fingerprint density at radius 1 is 1.03 bits per heavy atom. The number of rotatable bonds is 8. The molecule has 1 aliphatic rings. The lowest BCUT2D eigenvalue weighted by Gasteiger charge is -2.37. The van der Waals surface area contributed by atoms with Crippen molar-refractivity contribution in [3.05, 3.63) is 77.0 Å². The number of carbonyl (C=O) groups is 2. The summed E-state index contributed by atoms with van der Waals surface area (Å²) >= 11 is 0. The topological polar surface area (TPSA) is 88.5 Å². The van der Waals surface area contributed by atoms with Crippen LogP contribution in [0.4, 0.5) is 14.5 Å². The summed E-state index contributed by atoms with van der Waals surface area (Å²) in [5.41, 5.74) is 1.63. The van der Waals surface area contributed by atoms with E-state index >= 15 is 0 Å². The predicted octanol–water partition coefficient (Wildman–Crippen LogP) is 4.46. The second-order valence-corrected chi connectivity index (χ2v) is 9.96. The molecular weight excluding hydrogens is 452 g/mol. The minimum Gasteiger partial charge on any atom is -0.475 e. The predicted molar refractivity (Wildman–Crippen MR) is 121 cm³/mol. The molecule has 1 aliphatic heterocycles. The molecule has 0 saturated heterocycles. The molecule has 174 valence electrons. The Balaban J connectivity index is 2.33. The first-order valence-corrected chi connectivity index (χ1v) is 12.2. The van der Waals surface area contributed by atoms with Crippen LogP contribution in [-0.4, -0.2) is 38.1 Å². The summed E-state index contributed by atoms with van der Waals surface area (Å²) in [7, 11) is -3.45. The van der Waals surface area contributed by atoms with Gasteiger partial charge in [-0.15, -0.1) is 0 Å². The van der Waals surface area contributed by atoms with Gasteiger partial charge in [0.25, 0.3) is 5.78 Å². The highest BCUT2D eigenvalue weighted by molar-refractivity contribution is 7.90. The minimum absolute atomic E-state index is 0.0504. The average molecular weight is 477 g/mol. The van der Waals surface area contributed by atoms with Gasteiger partial charge in [0, 0.05) is 37.0 Å². The number of ketones is 1. The molecule has 0 fully saturated rings. The molecule has 1 heterocycles. The molecule has 3 rings (SSSR count). The molecule has 0 spiro atoms. The van der Waals surface area contributed by atoms with Crippen LogP contribution in [-0.2, 0) is 19.4 Å². The maximum absolute atomic E-state index is 14.3. The van der Waals surface area contributed by atoms with Crippen LogP contribution in [0.5, 0.6) is 0 Å². The lowest BCUT2D eigenvalue weighted by Crippen LogP contribution is -2.45. The van der Waals surface area contributed by atoms with Crippen LogP contribution in [0.15, 0.2) is 64.7 Å². The number of halogens is 2. The number of nitrogens with zero attached hydrogens (tertiary/aromatic N) is 1. The van der Waals surface area contributed by atoms with Crippen molar-refractivity contribution in [3.8, 4) is 0 Å². The van der Waals surface area contributed by atoms with Crippen molar-refractivity contribution < 1.29 is 31.9 Å². The van der Waals surface area contributed by atoms with Crippen molar-refractivity contribution >= 4 is 33.0 Å². The summed E-state index contributed by atoms with van der Waals surface area (Å²) in [5, 5.41) is 9.34. The Kier molecular flexibility index (Phi) is 6.67. The second kappa shape index (κ2) is 8.99. The molecule has 1 N–H and O–H groups in total. The van der Waals surface area contributed by atoms with Gasteiger partial charge in [-0.2, -0.15) is 0 Å². The lowest BCUT2D eigenvalue weighted by atomic mass is 10.1. The second-order valence-electron chi connectivity index (χ2n) is 7.94. The van der Waals surface area contributed by atoms with Crippen LogP contribution in [0.25, 0.3) is 5.70 Å². The molecule has 0 aliphatic carbocycles. The number of hydrogen-bond acceptors (Lipinski definition) is 4. The largest absolute Gasteiger partial charge is 0.475 e. The lowest BCUT2D eigenvalue weighted by molar-refractivity contribution is -0.147. The Labute approximate surface area is 191 Å². The van der Waals surface area contributed by atoms with Gasteiger partial charge in [-0.1, -0.05) is 13.3 Å². The highest BCUT2D eigenvalue weighted by Gasteiger charge is 2.47. The first kappa shape index (κ1) is 24.5. The number of sulfone groups is 1. The van der Waals surface area contributed by atoms with Crippen LogP contribution < -0.4 is 4.48 Å². The fourth-order valence-corrected chi connectivity index (χ4v) is 4.76. The van der Waals surface area contributed by atoms with Gasteiger partial charge < -0.3 is 5.11 Å². The first-order chi connectivity index (χ1) is 15.4. The van der Waals surface area contributed by atoms with Gasteiger partial charge in [-0.3, -0.25) is 4.79 Å². The Bertz CT molecular complexity index is 1300. The standard InChI is InChI=1S/C24H23F2NO5S/c1-4-5-12-27(17-8-11-20(25)21(26)13-17)15(2)19(23(28)24(29)30)14-22(27)16-6-9-18(10-7-16)33(3,31)32/h6-11,13-14H,4-5,12H2,1-3H3/p+1. The fourth-order valence-electron chi connectivity index (χ4n) is 4.13. The monoisotopic (exact) mass is 476 g/mol. The summed E-state index contributed by atoms with van der Waals surface area (Å²) < 4.78 is 51.6. The Hall–Kier alpha value is -3.17. The first-order valence-electron chi connectivity index (χ1n) is 10.3. The molecule has 33 heavy (non-hydrogen) atoms.